The Bertz CT molecular complexity index is 423. The number of nitrogens with one attached hydrogen (secondary N) is 2. The van der Waals surface area contributed by atoms with Gasteiger partial charge in [0.15, 0.2) is 0 Å². The van der Waals surface area contributed by atoms with Crippen LogP contribution in [-0.4, -0.2) is 23.1 Å². The third-order valence-electron chi connectivity index (χ3n) is 3.50. The van der Waals surface area contributed by atoms with Crippen molar-refractivity contribution in [3.05, 3.63) is 11.9 Å². The summed E-state index contributed by atoms with van der Waals surface area (Å²) in [6.45, 7) is 13.1. The second kappa shape index (κ2) is 6.91. The highest BCUT2D eigenvalue weighted by atomic mass is 15.1. The fourth-order valence-corrected chi connectivity index (χ4v) is 2.07. The molecule has 0 aliphatic rings. The smallest absolute Gasteiger partial charge is 0.138 e. The second-order valence-electron chi connectivity index (χ2n) is 6.76. The van der Waals surface area contributed by atoms with Crippen LogP contribution in [0.25, 0.3) is 0 Å². The molecule has 0 aliphatic carbocycles. The van der Waals surface area contributed by atoms with Crippen molar-refractivity contribution in [2.24, 2.45) is 5.92 Å². The van der Waals surface area contributed by atoms with Crippen molar-refractivity contribution < 1.29 is 0 Å². The van der Waals surface area contributed by atoms with Crippen molar-refractivity contribution in [1.29, 1.82) is 0 Å². The van der Waals surface area contributed by atoms with E-state index in [2.05, 4.69) is 62.1 Å². The Morgan fingerprint density at radius 3 is 2.25 bits per heavy atom. The average molecular weight is 278 g/mol. The average Bonchev–Trinajstić information content (AvgIpc) is 2.36. The fourth-order valence-electron chi connectivity index (χ4n) is 2.07. The molecule has 0 bridgehead atoms. The van der Waals surface area contributed by atoms with Crippen LogP contribution in [0.15, 0.2) is 6.07 Å². The zero-order chi connectivity index (χ0) is 15.3. The summed E-state index contributed by atoms with van der Waals surface area (Å²) in [5.74, 6) is 3.36. The molecule has 0 saturated heterocycles. The normalized spacial score (nSPS) is 14.8. The van der Waals surface area contributed by atoms with Crippen molar-refractivity contribution >= 4 is 11.6 Å². The molecule has 1 rings (SSSR count). The van der Waals surface area contributed by atoms with Crippen LogP contribution >= 0.6 is 0 Å². The summed E-state index contributed by atoms with van der Waals surface area (Å²) < 4.78 is 0. The van der Waals surface area contributed by atoms with Gasteiger partial charge in [0.25, 0.3) is 0 Å². The van der Waals surface area contributed by atoms with Crippen molar-refractivity contribution in [3.63, 3.8) is 0 Å². The van der Waals surface area contributed by atoms with Crippen LogP contribution in [0.3, 0.4) is 0 Å². The van der Waals surface area contributed by atoms with Crippen LogP contribution < -0.4 is 10.6 Å². The van der Waals surface area contributed by atoms with E-state index in [1.807, 2.05) is 13.1 Å². The van der Waals surface area contributed by atoms with Gasteiger partial charge in [0, 0.05) is 24.6 Å². The van der Waals surface area contributed by atoms with Crippen LogP contribution in [0.1, 0.15) is 60.2 Å². The lowest BCUT2D eigenvalue weighted by molar-refractivity contribution is 0.482. The minimum absolute atomic E-state index is 0.0523. The van der Waals surface area contributed by atoms with Crippen molar-refractivity contribution in [2.75, 3.05) is 17.7 Å². The summed E-state index contributed by atoms with van der Waals surface area (Å²) in [6, 6.07) is 2.39. The molecule has 20 heavy (non-hydrogen) atoms. The van der Waals surface area contributed by atoms with Gasteiger partial charge in [-0.25, -0.2) is 9.97 Å². The quantitative estimate of drug-likeness (QED) is 0.824. The molecule has 0 aromatic carbocycles. The number of nitrogens with zero attached hydrogens (tertiary/aromatic N) is 2. The van der Waals surface area contributed by atoms with Gasteiger partial charge >= 0.3 is 0 Å². The monoisotopic (exact) mass is 278 g/mol. The van der Waals surface area contributed by atoms with Gasteiger partial charge in [-0.2, -0.15) is 0 Å². The first-order valence-electron chi connectivity index (χ1n) is 7.60. The van der Waals surface area contributed by atoms with Crippen molar-refractivity contribution in [2.45, 2.75) is 65.8 Å². The van der Waals surface area contributed by atoms with Gasteiger partial charge in [0.1, 0.15) is 17.5 Å². The summed E-state index contributed by atoms with van der Waals surface area (Å²) in [7, 11) is 1.89. The lowest BCUT2D eigenvalue weighted by Crippen LogP contribution is -2.22. The predicted molar refractivity (Wildman–Crippen MR) is 87.4 cm³/mol. The Balaban J connectivity index is 2.89. The van der Waals surface area contributed by atoms with E-state index in [0.717, 1.165) is 29.8 Å². The molecule has 2 atom stereocenters. The maximum atomic E-state index is 4.66. The number of hydrogen-bond donors (Lipinski definition) is 2. The second-order valence-corrected chi connectivity index (χ2v) is 6.76. The Morgan fingerprint density at radius 1 is 1.15 bits per heavy atom. The Labute approximate surface area is 123 Å². The highest BCUT2D eigenvalue weighted by Gasteiger charge is 2.19. The maximum absolute atomic E-state index is 4.66. The lowest BCUT2D eigenvalue weighted by Gasteiger charge is -2.22. The summed E-state index contributed by atoms with van der Waals surface area (Å²) in [5, 5.41) is 6.62. The Morgan fingerprint density at radius 2 is 1.75 bits per heavy atom. The lowest BCUT2D eigenvalue weighted by atomic mass is 9.95. The molecule has 0 spiro atoms. The van der Waals surface area contributed by atoms with Crippen LogP contribution in [0.4, 0.5) is 11.6 Å². The first-order valence-corrected chi connectivity index (χ1v) is 7.60. The predicted octanol–water partition coefficient (Wildman–Crippen LogP) is 4.05. The van der Waals surface area contributed by atoms with Gasteiger partial charge in [-0.05, 0) is 19.3 Å². The number of anilines is 2. The van der Waals surface area contributed by atoms with E-state index in [1.165, 1.54) is 6.42 Å². The summed E-state index contributed by atoms with van der Waals surface area (Å²) in [5.41, 5.74) is -0.0523. The molecule has 1 aromatic heterocycles. The first kappa shape index (κ1) is 16.7. The SMILES string of the molecule is CCC(C)CC(C)Nc1cc(NC)nc(C(C)(C)C)n1. The summed E-state index contributed by atoms with van der Waals surface area (Å²) in [4.78, 5) is 9.21. The number of rotatable bonds is 6. The van der Waals surface area contributed by atoms with E-state index in [4.69, 9.17) is 0 Å². The van der Waals surface area contributed by atoms with E-state index < -0.39 is 0 Å². The number of aromatic nitrogens is 2. The molecule has 0 saturated carbocycles. The van der Waals surface area contributed by atoms with Crippen molar-refractivity contribution in [3.8, 4) is 0 Å². The maximum Gasteiger partial charge on any atom is 0.138 e. The molecule has 4 nitrogen and oxygen atoms in total. The molecular weight excluding hydrogens is 248 g/mol. The fraction of sp³-hybridized carbons (Fsp3) is 0.750. The molecule has 0 radical (unpaired) electrons. The van der Waals surface area contributed by atoms with Crippen LogP contribution in [0, 0.1) is 5.92 Å². The molecule has 2 N–H and O–H groups in total. The summed E-state index contributed by atoms with van der Waals surface area (Å²) in [6.07, 6.45) is 2.37. The molecule has 0 aliphatic heterocycles. The highest BCUT2D eigenvalue weighted by molar-refractivity contribution is 5.48. The molecule has 114 valence electrons. The largest absolute Gasteiger partial charge is 0.373 e. The topological polar surface area (TPSA) is 49.8 Å². The Hall–Kier alpha value is -1.32. The van der Waals surface area contributed by atoms with Gasteiger partial charge in [-0.1, -0.05) is 41.0 Å². The van der Waals surface area contributed by atoms with E-state index in [1.54, 1.807) is 0 Å². The molecule has 1 heterocycles. The van der Waals surface area contributed by atoms with Gasteiger partial charge < -0.3 is 10.6 Å². The zero-order valence-electron chi connectivity index (χ0n) is 14.0. The first-order chi connectivity index (χ1) is 9.26. The van der Waals surface area contributed by atoms with Crippen LogP contribution in [-0.2, 0) is 5.41 Å². The Kier molecular flexibility index (Phi) is 5.78. The van der Waals surface area contributed by atoms with E-state index in [-0.39, 0.29) is 5.41 Å². The standard InChI is InChI=1S/C16H30N4/c1-8-11(2)9-12(3)18-14-10-13(17-7)19-15(20-14)16(4,5)6/h10-12H,8-9H2,1-7H3,(H2,17,18,19,20). The molecule has 0 fully saturated rings. The van der Waals surface area contributed by atoms with E-state index in [9.17, 15) is 0 Å². The van der Waals surface area contributed by atoms with Crippen LogP contribution in [0.2, 0.25) is 0 Å². The highest BCUT2D eigenvalue weighted by Crippen LogP contribution is 2.23. The molecule has 1 aromatic rings. The van der Waals surface area contributed by atoms with Gasteiger partial charge in [-0.3, -0.25) is 0 Å². The molecule has 4 heteroatoms. The van der Waals surface area contributed by atoms with Crippen molar-refractivity contribution in [1.82, 2.24) is 9.97 Å². The summed E-state index contributed by atoms with van der Waals surface area (Å²) >= 11 is 0. The van der Waals surface area contributed by atoms with Crippen LogP contribution in [0.5, 0.6) is 0 Å². The third kappa shape index (κ3) is 4.99. The van der Waals surface area contributed by atoms with Gasteiger partial charge in [-0.15, -0.1) is 0 Å². The minimum Gasteiger partial charge on any atom is -0.373 e. The van der Waals surface area contributed by atoms with E-state index >= 15 is 0 Å². The van der Waals surface area contributed by atoms with Gasteiger partial charge in [0.2, 0.25) is 0 Å². The molecular formula is C16H30N4. The molecule has 0 amide bonds. The number of hydrogen-bond acceptors (Lipinski definition) is 4. The zero-order valence-corrected chi connectivity index (χ0v) is 14.0. The van der Waals surface area contributed by atoms with E-state index in [0.29, 0.717) is 6.04 Å². The molecule has 2 unspecified atom stereocenters. The van der Waals surface area contributed by atoms with Gasteiger partial charge in [0.05, 0.1) is 0 Å². The minimum atomic E-state index is -0.0523. The third-order valence-corrected chi connectivity index (χ3v) is 3.50.